The Morgan fingerprint density at radius 3 is 2.65 bits per heavy atom. The fourth-order valence-electron chi connectivity index (χ4n) is 4.52. The summed E-state index contributed by atoms with van der Waals surface area (Å²) in [6.45, 7) is 3.64. The Morgan fingerprint density at radius 2 is 1.88 bits per heavy atom. The summed E-state index contributed by atoms with van der Waals surface area (Å²) in [5.41, 5.74) is 2.08. The van der Waals surface area contributed by atoms with Crippen molar-refractivity contribution in [3.05, 3.63) is 64.9 Å². The molecule has 1 atom stereocenters. The first-order valence-corrected chi connectivity index (χ1v) is 9.73. The van der Waals surface area contributed by atoms with Crippen LogP contribution in [-0.2, 0) is 6.54 Å². The highest BCUT2D eigenvalue weighted by Crippen LogP contribution is 2.38. The average Bonchev–Trinajstić information content (AvgIpc) is 3.03. The highest BCUT2D eigenvalue weighted by molar-refractivity contribution is 6.30. The number of hydrogen-bond acceptors (Lipinski definition) is 3. The Bertz CT molecular complexity index is 782. The molecule has 4 rings (SSSR count). The molecule has 4 nitrogen and oxygen atoms in total. The van der Waals surface area contributed by atoms with E-state index in [1.807, 2.05) is 29.2 Å². The van der Waals surface area contributed by atoms with Gasteiger partial charge in [-0.2, -0.15) is 0 Å². The summed E-state index contributed by atoms with van der Waals surface area (Å²) >= 11 is 6.16. The van der Waals surface area contributed by atoms with Crippen LogP contribution in [0.5, 0.6) is 0 Å². The summed E-state index contributed by atoms with van der Waals surface area (Å²) < 4.78 is 0. The van der Waals surface area contributed by atoms with Crippen molar-refractivity contribution < 1.29 is 4.79 Å². The van der Waals surface area contributed by atoms with E-state index >= 15 is 0 Å². The Balaban J connectivity index is 1.52. The molecular formula is C21H24ClN3O. The minimum Gasteiger partial charge on any atom is -0.337 e. The van der Waals surface area contributed by atoms with Gasteiger partial charge in [0.15, 0.2) is 0 Å². The molecule has 0 radical (unpaired) electrons. The molecule has 0 bridgehead atoms. The van der Waals surface area contributed by atoms with Gasteiger partial charge in [0.05, 0.1) is 0 Å². The summed E-state index contributed by atoms with van der Waals surface area (Å²) in [5, 5.41) is 0.786. The summed E-state index contributed by atoms with van der Waals surface area (Å²) in [5.74, 6) is 0.126. The monoisotopic (exact) mass is 369 g/mol. The molecule has 0 saturated carbocycles. The van der Waals surface area contributed by atoms with Gasteiger partial charge in [-0.25, -0.2) is 0 Å². The Labute approximate surface area is 159 Å². The number of aromatic nitrogens is 1. The number of likely N-dealkylation sites (tertiary alicyclic amines) is 2. The minimum atomic E-state index is 0.100. The second-order valence-corrected chi connectivity index (χ2v) is 7.88. The molecule has 1 unspecified atom stereocenters. The van der Waals surface area contributed by atoms with Gasteiger partial charge in [-0.3, -0.25) is 14.7 Å². The van der Waals surface area contributed by atoms with E-state index in [4.69, 9.17) is 11.6 Å². The molecule has 2 aliphatic heterocycles. The molecule has 1 amide bonds. The normalized spacial score (nSPS) is 23.5. The Hall–Kier alpha value is -1.91. The second kappa shape index (κ2) is 7.37. The predicted molar refractivity (Wildman–Crippen MR) is 103 cm³/mol. The predicted octanol–water partition coefficient (Wildman–Crippen LogP) is 4.01. The van der Waals surface area contributed by atoms with Crippen LogP contribution >= 0.6 is 11.6 Å². The molecule has 1 aromatic heterocycles. The maximum Gasteiger partial charge on any atom is 0.254 e. The number of nitrogens with zero attached hydrogens (tertiary/aromatic N) is 3. The first kappa shape index (κ1) is 17.5. The quantitative estimate of drug-likeness (QED) is 0.820. The number of carbonyl (C=O) groups excluding carboxylic acids is 1. The number of benzene rings is 1. The SMILES string of the molecule is O=C(c1ccncc1)N1CCCC2(CCCN2Cc2cccc(Cl)c2)C1. The van der Waals surface area contributed by atoms with Crippen molar-refractivity contribution in [2.24, 2.45) is 0 Å². The van der Waals surface area contributed by atoms with Crippen molar-refractivity contribution in [2.45, 2.75) is 37.8 Å². The van der Waals surface area contributed by atoms with Crippen molar-refractivity contribution in [3.63, 3.8) is 0 Å². The van der Waals surface area contributed by atoms with Gasteiger partial charge in [0, 0.05) is 48.2 Å². The topological polar surface area (TPSA) is 36.4 Å². The van der Waals surface area contributed by atoms with E-state index in [1.165, 1.54) is 12.0 Å². The van der Waals surface area contributed by atoms with Crippen molar-refractivity contribution in [1.29, 1.82) is 0 Å². The first-order chi connectivity index (χ1) is 12.7. The summed E-state index contributed by atoms with van der Waals surface area (Å²) in [4.78, 5) is 21.5. The molecule has 2 aliphatic rings. The van der Waals surface area contributed by atoms with Gasteiger partial charge in [0.25, 0.3) is 5.91 Å². The van der Waals surface area contributed by atoms with Gasteiger partial charge < -0.3 is 4.90 Å². The van der Waals surface area contributed by atoms with Crippen LogP contribution in [0.1, 0.15) is 41.6 Å². The van der Waals surface area contributed by atoms with Crippen molar-refractivity contribution in [3.8, 4) is 0 Å². The number of rotatable bonds is 3. The smallest absolute Gasteiger partial charge is 0.254 e. The molecule has 136 valence electrons. The fraction of sp³-hybridized carbons (Fsp3) is 0.429. The molecule has 0 aliphatic carbocycles. The second-order valence-electron chi connectivity index (χ2n) is 7.45. The van der Waals surface area contributed by atoms with Gasteiger partial charge in [0.2, 0.25) is 0 Å². The molecule has 5 heteroatoms. The van der Waals surface area contributed by atoms with Gasteiger partial charge in [-0.05, 0) is 62.1 Å². The van der Waals surface area contributed by atoms with Gasteiger partial charge >= 0.3 is 0 Å². The lowest BCUT2D eigenvalue weighted by Gasteiger charge is -2.46. The van der Waals surface area contributed by atoms with Crippen molar-refractivity contribution in [2.75, 3.05) is 19.6 Å². The number of amides is 1. The third-order valence-corrected chi connectivity index (χ3v) is 6.01. The number of pyridine rings is 1. The van der Waals surface area contributed by atoms with Crippen LogP contribution in [-0.4, -0.2) is 45.9 Å². The van der Waals surface area contributed by atoms with Crippen LogP contribution in [0, 0.1) is 0 Å². The van der Waals surface area contributed by atoms with Crippen LogP contribution in [0.3, 0.4) is 0 Å². The third-order valence-electron chi connectivity index (χ3n) is 5.77. The van der Waals surface area contributed by atoms with Crippen LogP contribution < -0.4 is 0 Å². The Kier molecular flexibility index (Phi) is 4.96. The van der Waals surface area contributed by atoms with E-state index < -0.39 is 0 Å². The third kappa shape index (κ3) is 3.49. The highest BCUT2D eigenvalue weighted by atomic mass is 35.5. The maximum atomic E-state index is 12.9. The Morgan fingerprint density at radius 1 is 1.12 bits per heavy atom. The molecule has 2 saturated heterocycles. The first-order valence-electron chi connectivity index (χ1n) is 9.35. The lowest BCUT2D eigenvalue weighted by molar-refractivity contribution is 0.0296. The van der Waals surface area contributed by atoms with Gasteiger partial charge in [-0.1, -0.05) is 23.7 Å². The molecule has 2 aromatic rings. The van der Waals surface area contributed by atoms with Crippen molar-refractivity contribution in [1.82, 2.24) is 14.8 Å². The van der Waals surface area contributed by atoms with E-state index in [0.717, 1.165) is 56.0 Å². The van der Waals surface area contributed by atoms with E-state index in [1.54, 1.807) is 12.4 Å². The molecule has 1 spiro atoms. The highest BCUT2D eigenvalue weighted by Gasteiger charge is 2.44. The van der Waals surface area contributed by atoms with Crippen LogP contribution in [0.2, 0.25) is 5.02 Å². The van der Waals surface area contributed by atoms with Crippen LogP contribution in [0.25, 0.3) is 0 Å². The number of hydrogen-bond donors (Lipinski definition) is 0. The lowest BCUT2D eigenvalue weighted by atomic mass is 9.86. The zero-order valence-corrected chi connectivity index (χ0v) is 15.7. The number of piperidine rings is 1. The van der Waals surface area contributed by atoms with Crippen LogP contribution in [0.15, 0.2) is 48.8 Å². The maximum absolute atomic E-state index is 12.9. The largest absolute Gasteiger partial charge is 0.337 e. The summed E-state index contributed by atoms with van der Waals surface area (Å²) in [7, 11) is 0. The molecule has 0 N–H and O–H groups in total. The van der Waals surface area contributed by atoms with E-state index in [2.05, 4.69) is 22.0 Å². The molecular weight excluding hydrogens is 346 g/mol. The average molecular weight is 370 g/mol. The molecule has 1 aromatic carbocycles. The fourth-order valence-corrected chi connectivity index (χ4v) is 4.73. The summed E-state index contributed by atoms with van der Waals surface area (Å²) in [6.07, 6.45) is 7.95. The van der Waals surface area contributed by atoms with Crippen molar-refractivity contribution >= 4 is 17.5 Å². The van der Waals surface area contributed by atoms with E-state index in [0.29, 0.717) is 0 Å². The zero-order valence-electron chi connectivity index (χ0n) is 14.9. The standard InChI is InChI=1S/C21H24ClN3O/c22-19-5-1-4-17(14-19)15-25-13-3-9-21(25)8-2-12-24(16-21)20(26)18-6-10-23-11-7-18/h1,4-7,10-11,14H,2-3,8-9,12-13,15-16H2. The zero-order chi connectivity index (χ0) is 18.0. The molecule has 3 heterocycles. The summed E-state index contributed by atoms with van der Waals surface area (Å²) in [6, 6.07) is 11.7. The van der Waals surface area contributed by atoms with Gasteiger partial charge in [0.1, 0.15) is 0 Å². The lowest BCUT2D eigenvalue weighted by Crippen LogP contribution is -2.56. The van der Waals surface area contributed by atoms with Gasteiger partial charge in [-0.15, -0.1) is 0 Å². The number of carbonyl (C=O) groups is 1. The minimum absolute atomic E-state index is 0.100. The van der Waals surface area contributed by atoms with E-state index in [9.17, 15) is 4.79 Å². The number of halogens is 1. The van der Waals surface area contributed by atoms with E-state index in [-0.39, 0.29) is 11.4 Å². The van der Waals surface area contributed by atoms with Crippen LogP contribution in [0.4, 0.5) is 0 Å². The molecule has 2 fully saturated rings. The molecule has 26 heavy (non-hydrogen) atoms.